The molecule has 30 atom stereocenters. The van der Waals surface area contributed by atoms with Gasteiger partial charge >= 0.3 is 0 Å². The van der Waals surface area contributed by atoms with Gasteiger partial charge in [0.05, 0.1) is 39.6 Å². The van der Waals surface area contributed by atoms with E-state index in [-0.39, 0.29) is 0 Å². The lowest BCUT2D eigenvalue weighted by molar-refractivity contribution is -0.393. The van der Waals surface area contributed by atoms with Crippen molar-refractivity contribution in [1.29, 1.82) is 0 Å². The summed E-state index contributed by atoms with van der Waals surface area (Å²) in [6.07, 6.45) is -55.9. The fourth-order valence-electron chi connectivity index (χ4n) is 8.42. The Labute approximate surface area is 378 Å². The fraction of sp³-hybridized carbons (Fsp3) is 1.00. The van der Waals surface area contributed by atoms with Crippen LogP contribution >= 0.6 is 0 Å². The average Bonchev–Trinajstić information content (AvgIpc) is 3.32. The third kappa shape index (κ3) is 11.4. The van der Waals surface area contributed by atoms with Crippen molar-refractivity contribution in [1.82, 2.24) is 0 Å². The number of aliphatic hydroxyl groups is 20. The molecule has 0 radical (unpaired) electrons. The first-order chi connectivity index (χ1) is 31.7. The Morgan fingerprint density at radius 1 is 0.254 bits per heavy atom. The SMILES string of the molecule is OC[C@H]1O[C@H](O[C@H]2[C@@H](O)[C@@H](O)[C@@H](O[C@H]3[C@H](O)[C@@H](O)[C@@H](O[C@H]4[C@H](O)[C@@H](O)[C@@H](O[C@H]5[C@H](O)[C@@H](O)[C@@H](OC[C@H]6O[C@H](O)[C@H](O)[C@@H](O)[C@@H]6O)O[C@@H]5CO)O[C@@H]4CO)O[C@@H]3CO)O[C@@H]2CO)[C@H](O)[C@@H](O)[C@@H]1O. The lowest BCUT2D eigenvalue weighted by atomic mass is 9.95. The van der Waals surface area contributed by atoms with E-state index in [1.54, 1.807) is 0 Å². The zero-order valence-corrected chi connectivity index (χ0v) is 35.0. The zero-order valence-electron chi connectivity index (χ0n) is 35.0. The smallest absolute Gasteiger partial charge is 0.187 e. The van der Waals surface area contributed by atoms with Crippen LogP contribution in [0, 0.1) is 0 Å². The summed E-state index contributed by atoms with van der Waals surface area (Å²) < 4.78 is 60.3. The summed E-state index contributed by atoms with van der Waals surface area (Å²) in [5, 5.41) is 209. The Hall–Kier alpha value is -1.24. The lowest BCUT2D eigenvalue weighted by Gasteiger charge is -2.49. The average molecular weight is 991 g/mol. The number of ether oxygens (including phenoxy) is 11. The molecule has 6 aliphatic rings. The number of rotatable bonds is 16. The predicted octanol–water partition coefficient (Wildman–Crippen LogP) is -14.1. The largest absolute Gasteiger partial charge is 0.394 e. The molecule has 6 rings (SSSR count). The molecule has 0 aliphatic carbocycles. The Morgan fingerprint density at radius 3 is 0.866 bits per heavy atom. The summed E-state index contributed by atoms with van der Waals surface area (Å²) in [7, 11) is 0. The van der Waals surface area contributed by atoms with Gasteiger partial charge in [0.15, 0.2) is 37.7 Å². The standard InChI is InChI=1S/C36H62O31/c37-1-7-13(42)16(45)22(51)33(59-7)64-28-9(3-39)61-35(24(53)18(28)47)66-30-11(5-41)63-36(26(55)20(30)49)67-29-10(4-40)62-34(25(54)19(29)48)65-27-8(2-38)60-32(23(52)17(27)46)57-6-12-14(43)15(44)21(50)31(56)58-12/h7-56H,1-6H2/t7-,8-,9-,10-,11-,12-,13-,14-,15+,16+,17-,18+,19-,20-,21-,22-,23-,24-,25-,26-,27-,28-,29-,30-,31+,32+,33-,34-,35-,36-/m1/s1. The Bertz CT molecular complexity index is 1500. The van der Waals surface area contributed by atoms with Gasteiger partial charge in [0, 0.05) is 0 Å². The summed E-state index contributed by atoms with van der Waals surface area (Å²) in [5.41, 5.74) is 0. The molecule has 0 unspecified atom stereocenters. The molecule has 6 heterocycles. The Kier molecular flexibility index (Phi) is 19.4. The van der Waals surface area contributed by atoms with Crippen LogP contribution in [0.3, 0.4) is 0 Å². The highest BCUT2D eigenvalue weighted by Crippen LogP contribution is 2.36. The molecule has 67 heavy (non-hydrogen) atoms. The first-order valence-electron chi connectivity index (χ1n) is 21.1. The van der Waals surface area contributed by atoms with Crippen LogP contribution in [0.2, 0.25) is 0 Å². The monoisotopic (exact) mass is 990 g/mol. The van der Waals surface area contributed by atoms with E-state index >= 15 is 0 Å². The molecule has 6 fully saturated rings. The van der Waals surface area contributed by atoms with E-state index in [4.69, 9.17) is 52.1 Å². The van der Waals surface area contributed by atoms with E-state index in [1.165, 1.54) is 0 Å². The molecule has 31 nitrogen and oxygen atoms in total. The van der Waals surface area contributed by atoms with Crippen LogP contribution in [-0.2, 0) is 52.1 Å². The van der Waals surface area contributed by atoms with Gasteiger partial charge in [0.25, 0.3) is 0 Å². The second-order valence-electron chi connectivity index (χ2n) is 16.8. The molecule has 0 bridgehead atoms. The van der Waals surface area contributed by atoms with Crippen LogP contribution in [-0.4, -0.2) is 326 Å². The third-order valence-electron chi connectivity index (χ3n) is 12.4. The summed E-state index contributed by atoms with van der Waals surface area (Å²) in [6.45, 7) is -5.44. The van der Waals surface area contributed by atoms with Crippen molar-refractivity contribution in [2.75, 3.05) is 39.6 Å². The van der Waals surface area contributed by atoms with Crippen LogP contribution in [0.5, 0.6) is 0 Å². The number of aliphatic hydroxyl groups excluding tert-OH is 20. The zero-order chi connectivity index (χ0) is 49.3. The van der Waals surface area contributed by atoms with E-state index in [0.717, 1.165) is 0 Å². The van der Waals surface area contributed by atoms with Crippen LogP contribution in [0.1, 0.15) is 0 Å². The number of hydrogen-bond donors (Lipinski definition) is 20. The van der Waals surface area contributed by atoms with Crippen molar-refractivity contribution in [3.05, 3.63) is 0 Å². The highest BCUT2D eigenvalue weighted by Gasteiger charge is 2.57. The molecule has 6 saturated heterocycles. The van der Waals surface area contributed by atoms with Gasteiger partial charge in [0.1, 0.15) is 146 Å². The van der Waals surface area contributed by atoms with Crippen LogP contribution in [0.25, 0.3) is 0 Å². The van der Waals surface area contributed by atoms with E-state index in [0.29, 0.717) is 0 Å². The van der Waals surface area contributed by atoms with Gasteiger partial charge < -0.3 is 154 Å². The molecule has 0 saturated carbocycles. The maximum atomic E-state index is 11.2. The van der Waals surface area contributed by atoms with E-state index in [9.17, 15) is 102 Å². The van der Waals surface area contributed by atoms with Crippen LogP contribution in [0.4, 0.5) is 0 Å². The van der Waals surface area contributed by atoms with Crippen molar-refractivity contribution < 1.29 is 154 Å². The summed E-state index contributed by atoms with van der Waals surface area (Å²) in [4.78, 5) is 0. The highest BCUT2D eigenvalue weighted by atomic mass is 16.8. The number of hydrogen-bond acceptors (Lipinski definition) is 31. The molecule has 20 N–H and O–H groups in total. The van der Waals surface area contributed by atoms with Crippen molar-refractivity contribution in [2.45, 2.75) is 184 Å². The molecule has 0 aromatic carbocycles. The van der Waals surface area contributed by atoms with Crippen molar-refractivity contribution in [3.63, 3.8) is 0 Å². The summed E-state index contributed by atoms with van der Waals surface area (Å²) in [6, 6.07) is 0. The first-order valence-corrected chi connectivity index (χ1v) is 21.1. The minimum Gasteiger partial charge on any atom is -0.394 e. The highest BCUT2D eigenvalue weighted by molar-refractivity contribution is 4.99. The second-order valence-corrected chi connectivity index (χ2v) is 16.8. The van der Waals surface area contributed by atoms with Gasteiger partial charge in [-0.05, 0) is 0 Å². The van der Waals surface area contributed by atoms with Crippen molar-refractivity contribution in [2.24, 2.45) is 0 Å². The minimum absolute atomic E-state index is 0.692. The molecule has 6 aliphatic heterocycles. The normalized spacial score (nSPS) is 53.4. The molecule has 0 amide bonds. The minimum atomic E-state index is -2.17. The van der Waals surface area contributed by atoms with E-state index in [1.807, 2.05) is 0 Å². The lowest BCUT2D eigenvalue weighted by Crippen LogP contribution is -2.68. The maximum absolute atomic E-state index is 11.2. The first kappa shape index (κ1) is 55.1. The van der Waals surface area contributed by atoms with E-state index in [2.05, 4.69) is 0 Å². The van der Waals surface area contributed by atoms with Gasteiger partial charge in [-0.2, -0.15) is 0 Å². The molecule has 0 spiro atoms. The Morgan fingerprint density at radius 2 is 0.522 bits per heavy atom. The Balaban J connectivity index is 1.05. The molecule has 392 valence electrons. The topological polar surface area (TPSA) is 506 Å². The van der Waals surface area contributed by atoms with Gasteiger partial charge in [-0.3, -0.25) is 0 Å². The van der Waals surface area contributed by atoms with Gasteiger partial charge in [-0.25, -0.2) is 0 Å². The third-order valence-corrected chi connectivity index (χ3v) is 12.4. The quantitative estimate of drug-likeness (QED) is 0.0683. The molecule has 0 aromatic heterocycles. The molecular weight excluding hydrogens is 928 g/mol. The van der Waals surface area contributed by atoms with Gasteiger partial charge in [-0.1, -0.05) is 0 Å². The van der Waals surface area contributed by atoms with Crippen LogP contribution in [0.15, 0.2) is 0 Å². The van der Waals surface area contributed by atoms with E-state index < -0.39 is 224 Å². The van der Waals surface area contributed by atoms with Gasteiger partial charge in [0.2, 0.25) is 0 Å². The molecular formula is C36H62O31. The molecule has 31 heteroatoms. The maximum Gasteiger partial charge on any atom is 0.187 e. The summed E-state index contributed by atoms with van der Waals surface area (Å²) in [5.74, 6) is 0. The second kappa shape index (κ2) is 23.5. The predicted molar refractivity (Wildman–Crippen MR) is 199 cm³/mol. The fourth-order valence-corrected chi connectivity index (χ4v) is 8.42. The molecule has 0 aromatic rings. The van der Waals surface area contributed by atoms with Crippen LogP contribution < -0.4 is 0 Å². The van der Waals surface area contributed by atoms with Crippen molar-refractivity contribution in [3.8, 4) is 0 Å². The van der Waals surface area contributed by atoms with Gasteiger partial charge in [-0.15, -0.1) is 0 Å². The summed E-state index contributed by atoms with van der Waals surface area (Å²) >= 11 is 0. The van der Waals surface area contributed by atoms with Crippen molar-refractivity contribution >= 4 is 0 Å².